The largest absolute Gasteiger partial charge is 0.310 e. The fourth-order valence-electron chi connectivity index (χ4n) is 2.40. The normalized spacial score (nSPS) is 24.8. The molecule has 0 bridgehead atoms. The topological polar surface area (TPSA) is 29.9 Å². The average molecular weight is 221 g/mol. The summed E-state index contributed by atoms with van der Waals surface area (Å²) in [5, 5.41) is 7.83. The van der Waals surface area contributed by atoms with Gasteiger partial charge in [0, 0.05) is 30.9 Å². The summed E-state index contributed by atoms with van der Waals surface area (Å²) >= 11 is 0. The van der Waals surface area contributed by atoms with E-state index in [0.717, 1.165) is 24.9 Å². The van der Waals surface area contributed by atoms with E-state index >= 15 is 0 Å². The monoisotopic (exact) mass is 221 g/mol. The summed E-state index contributed by atoms with van der Waals surface area (Å²) in [5.74, 6) is 1.79. The molecule has 3 heteroatoms. The van der Waals surface area contributed by atoms with Gasteiger partial charge in [-0.25, -0.2) is 0 Å². The van der Waals surface area contributed by atoms with Crippen LogP contribution in [0.15, 0.2) is 12.4 Å². The van der Waals surface area contributed by atoms with Crippen LogP contribution in [0.1, 0.15) is 39.2 Å². The van der Waals surface area contributed by atoms with Gasteiger partial charge in [-0.05, 0) is 24.7 Å². The van der Waals surface area contributed by atoms with Gasteiger partial charge < -0.3 is 5.32 Å². The number of nitrogens with one attached hydrogen (secondary N) is 1. The Kier molecular flexibility index (Phi) is 3.64. The predicted octanol–water partition coefficient (Wildman–Crippen LogP) is 2.43. The van der Waals surface area contributed by atoms with Gasteiger partial charge in [0.15, 0.2) is 0 Å². The number of nitrogens with zero attached hydrogens (tertiary/aromatic N) is 2. The highest BCUT2D eigenvalue weighted by atomic mass is 15.3. The van der Waals surface area contributed by atoms with Crippen LogP contribution in [-0.2, 0) is 13.1 Å². The van der Waals surface area contributed by atoms with Gasteiger partial charge in [-0.3, -0.25) is 4.68 Å². The third kappa shape index (κ3) is 3.08. The van der Waals surface area contributed by atoms with Gasteiger partial charge in [0.05, 0.1) is 6.20 Å². The highest BCUT2D eigenvalue weighted by Gasteiger charge is 2.25. The number of hydrogen-bond acceptors (Lipinski definition) is 2. The van der Waals surface area contributed by atoms with E-state index in [1.807, 2.05) is 6.20 Å². The Morgan fingerprint density at radius 2 is 2.25 bits per heavy atom. The minimum absolute atomic E-state index is 0.538. The summed E-state index contributed by atoms with van der Waals surface area (Å²) in [7, 11) is 0. The molecule has 1 aromatic rings. The molecule has 1 aromatic heterocycles. The van der Waals surface area contributed by atoms with E-state index in [1.54, 1.807) is 0 Å². The first-order chi connectivity index (χ1) is 7.63. The lowest BCUT2D eigenvalue weighted by molar-refractivity contribution is 0.182. The quantitative estimate of drug-likeness (QED) is 0.827. The molecule has 0 saturated heterocycles. The van der Waals surface area contributed by atoms with E-state index in [4.69, 9.17) is 0 Å². The lowest BCUT2D eigenvalue weighted by Crippen LogP contribution is -2.25. The van der Waals surface area contributed by atoms with Crippen molar-refractivity contribution in [2.45, 2.75) is 52.7 Å². The summed E-state index contributed by atoms with van der Waals surface area (Å²) in [5.41, 5.74) is 1.29. The van der Waals surface area contributed by atoms with Gasteiger partial charge in [-0.15, -0.1) is 0 Å². The maximum atomic E-state index is 4.42. The maximum Gasteiger partial charge on any atom is 0.0534 e. The summed E-state index contributed by atoms with van der Waals surface area (Å²) in [6.07, 6.45) is 6.91. The molecule has 0 amide bonds. The van der Waals surface area contributed by atoms with Gasteiger partial charge in [0.2, 0.25) is 0 Å². The summed E-state index contributed by atoms with van der Waals surface area (Å²) < 4.78 is 2.11. The molecule has 3 nitrogen and oxygen atoms in total. The van der Waals surface area contributed by atoms with Crippen LogP contribution >= 0.6 is 0 Å². The molecule has 2 rings (SSSR count). The minimum Gasteiger partial charge on any atom is -0.310 e. The molecule has 0 aromatic carbocycles. The number of rotatable bonds is 5. The van der Waals surface area contributed by atoms with E-state index in [2.05, 4.69) is 42.1 Å². The fourth-order valence-corrected chi connectivity index (χ4v) is 2.40. The standard InChI is InChI=1S/C13H23N3/c1-10(2)14-6-13-7-15-16(9-13)8-12-4-11(3)5-12/h7,9-12,14H,4-6,8H2,1-3H3. The molecule has 90 valence electrons. The van der Waals surface area contributed by atoms with E-state index in [0.29, 0.717) is 6.04 Å². The van der Waals surface area contributed by atoms with Crippen LogP contribution in [0.25, 0.3) is 0 Å². The number of hydrogen-bond donors (Lipinski definition) is 1. The van der Waals surface area contributed by atoms with E-state index in [-0.39, 0.29) is 0 Å². The predicted molar refractivity (Wildman–Crippen MR) is 66.1 cm³/mol. The zero-order valence-electron chi connectivity index (χ0n) is 10.6. The molecule has 1 saturated carbocycles. The SMILES string of the molecule is CC1CC(Cn2cc(CNC(C)C)cn2)C1. The fraction of sp³-hybridized carbons (Fsp3) is 0.769. The van der Waals surface area contributed by atoms with E-state index in [9.17, 15) is 0 Å². The van der Waals surface area contributed by atoms with Crippen molar-refractivity contribution < 1.29 is 0 Å². The molecule has 16 heavy (non-hydrogen) atoms. The molecule has 1 aliphatic rings. The Hall–Kier alpha value is -0.830. The van der Waals surface area contributed by atoms with Crippen LogP contribution in [0.5, 0.6) is 0 Å². The Labute approximate surface area is 98.2 Å². The first-order valence-electron chi connectivity index (χ1n) is 6.38. The van der Waals surface area contributed by atoms with Crippen LogP contribution in [-0.4, -0.2) is 15.8 Å². The minimum atomic E-state index is 0.538. The molecule has 0 spiro atoms. The van der Waals surface area contributed by atoms with Crippen molar-refractivity contribution in [2.75, 3.05) is 0 Å². The first-order valence-corrected chi connectivity index (χ1v) is 6.38. The second-order valence-corrected chi connectivity index (χ2v) is 5.55. The Morgan fingerprint density at radius 3 is 2.88 bits per heavy atom. The first kappa shape index (κ1) is 11.6. The van der Waals surface area contributed by atoms with Gasteiger partial charge in [-0.1, -0.05) is 20.8 Å². The molecule has 0 radical (unpaired) electrons. The molecule has 1 fully saturated rings. The third-order valence-electron chi connectivity index (χ3n) is 3.32. The van der Waals surface area contributed by atoms with Crippen molar-refractivity contribution in [2.24, 2.45) is 11.8 Å². The molecule has 1 heterocycles. The molecule has 0 aliphatic heterocycles. The Bertz CT molecular complexity index is 324. The van der Waals surface area contributed by atoms with Crippen molar-refractivity contribution in [3.63, 3.8) is 0 Å². The highest BCUT2D eigenvalue weighted by molar-refractivity contribution is 5.03. The second kappa shape index (κ2) is 5.00. The Morgan fingerprint density at radius 1 is 1.50 bits per heavy atom. The summed E-state index contributed by atoms with van der Waals surface area (Å²) in [4.78, 5) is 0. The van der Waals surface area contributed by atoms with Gasteiger partial charge in [0.25, 0.3) is 0 Å². The zero-order valence-corrected chi connectivity index (χ0v) is 10.6. The zero-order chi connectivity index (χ0) is 11.5. The summed E-state index contributed by atoms with van der Waals surface area (Å²) in [6.45, 7) is 8.70. The lowest BCUT2D eigenvalue weighted by Gasteiger charge is -2.32. The van der Waals surface area contributed by atoms with Gasteiger partial charge in [-0.2, -0.15) is 5.10 Å². The van der Waals surface area contributed by atoms with Crippen LogP contribution in [0.2, 0.25) is 0 Å². The molecular weight excluding hydrogens is 198 g/mol. The molecule has 1 N–H and O–H groups in total. The van der Waals surface area contributed by atoms with Crippen molar-refractivity contribution in [3.8, 4) is 0 Å². The molecule has 0 atom stereocenters. The molecular formula is C13H23N3. The van der Waals surface area contributed by atoms with Crippen molar-refractivity contribution in [1.82, 2.24) is 15.1 Å². The van der Waals surface area contributed by atoms with Crippen LogP contribution in [0.3, 0.4) is 0 Å². The van der Waals surface area contributed by atoms with Crippen molar-refractivity contribution in [3.05, 3.63) is 18.0 Å². The van der Waals surface area contributed by atoms with Crippen molar-refractivity contribution >= 4 is 0 Å². The summed E-state index contributed by atoms with van der Waals surface area (Å²) in [6, 6.07) is 0.538. The van der Waals surface area contributed by atoms with Crippen LogP contribution < -0.4 is 5.32 Å². The van der Waals surface area contributed by atoms with Gasteiger partial charge >= 0.3 is 0 Å². The Balaban J connectivity index is 1.78. The lowest BCUT2D eigenvalue weighted by atomic mass is 9.76. The van der Waals surface area contributed by atoms with Crippen molar-refractivity contribution in [1.29, 1.82) is 0 Å². The number of aromatic nitrogens is 2. The van der Waals surface area contributed by atoms with Crippen LogP contribution in [0, 0.1) is 11.8 Å². The molecule has 1 aliphatic carbocycles. The van der Waals surface area contributed by atoms with E-state index < -0.39 is 0 Å². The maximum absolute atomic E-state index is 4.42. The third-order valence-corrected chi connectivity index (χ3v) is 3.32. The average Bonchev–Trinajstić information content (AvgIpc) is 2.60. The van der Waals surface area contributed by atoms with Crippen LogP contribution in [0.4, 0.5) is 0 Å². The van der Waals surface area contributed by atoms with Gasteiger partial charge in [0.1, 0.15) is 0 Å². The molecule has 0 unspecified atom stereocenters. The second-order valence-electron chi connectivity index (χ2n) is 5.55. The van der Waals surface area contributed by atoms with E-state index in [1.165, 1.54) is 18.4 Å². The highest BCUT2D eigenvalue weighted by Crippen LogP contribution is 2.33. The smallest absolute Gasteiger partial charge is 0.0534 e.